The predicted octanol–water partition coefficient (Wildman–Crippen LogP) is 2.61. The van der Waals surface area contributed by atoms with Crippen LogP contribution in [0.2, 0.25) is 5.02 Å². The van der Waals surface area contributed by atoms with Crippen LogP contribution in [0.25, 0.3) is 0 Å². The summed E-state index contributed by atoms with van der Waals surface area (Å²) < 4.78 is 0. The molecular formula is C10H14ClNO. The molecule has 1 N–H and O–H groups in total. The summed E-state index contributed by atoms with van der Waals surface area (Å²) in [4.78, 5) is 4.79. The molecule has 0 saturated carbocycles. The van der Waals surface area contributed by atoms with E-state index < -0.39 is 0 Å². The van der Waals surface area contributed by atoms with Gasteiger partial charge in [0.1, 0.15) is 0 Å². The van der Waals surface area contributed by atoms with Gasteiger partial charge in [-0.25, -0.2) is 0 Å². The van der Waals surface area contributed by atoms with Crippen LogP contribution in [-0.4, -0.2) is 7.11 Å². The fourth-order valence-corrected chi connectivity index (χ4v) is 1.47. The molecule has 13 heavy (non-hydrogen) atoms. The van der Waals surface area contributed by atoms with Gasteiger partial charge in [-0.3, -0.25) is 0 Å². The van der Waals surface area contributed by atoms with Crippen LogP contribution in [0.1, 0.15) is 16.7 Å². The molecule has 0 fully saturated rings. The van der Waals surface area contributed by atoms with Crippen molar-refractivity contribution in [2.45, 2.75) is 20.4 Å². The van der Waals surface area contributed by atoms with E-state index in [0.29, 0.717) is 6.54 Å². The summed E-state index contributed by atoms with van der Waals surface area (Å²) in [5, 5.41) is 0.785. The van der Waals surface area contributed by atoms with Gasteiger partial charge >= 0.3 is 0 Å². The Bertz CT molecular complexity index is 299. The topological polar surface area (TPSA) is 21.3 Å². The smallest absolute Gasteiger partial charge is 0.0572 e. The van der Waals surface area contributed by atoms with Crippen molar-refractivity contribution in [3.8, 4) is 0 Å². The highest BCUT2D eigenvalue weighted by Gasteiger charge is 2.05. The highest BCUT2D eigenvalue weighted by atomic mass is 35.5. The van der Waals surface area contributed by atoms with Crippen molar-refractivity contribution in [2.24, 2.45) is 0 Å². The lowest BCUT2D eigenvalue weighted by Crippen LogP contribution is -2.12. The number of hydrogen-bond acceptors (Lipinski definition) is 2. The van der Waals surface area contributed by atoms with E-state index in [1.165, 1.54) is 11.1 Å². The zero-order valence-corrected chi connectivity index (χ0v) is 8.90. The van der Waals surface area contributed by atoms with E-state index in [2.05, 4.69) is 19.3 Å². The molecule has 0 bridgehead atoms. The molecule has 0 aromatic heterocycles. The maximum Gasteiger partial charge on any atom is 0.0572 e. The largest absolute Gasteiger partial charge is 0.305 e. The summed E-state index contributed by atoms with van der Waals surface area (Å²) in [7, 11) is 1.60. The Morgan fingerprint density at radius 3 is 2.69 bits per heavy atom. The summed E-state index contributed by atoms with van der Waals surface area (Å²) in [5.74, 6) is 0. The molecule has 1 aromatic carbocycles. The van der Waals surface area contributed by atoms with Crippen molar-refractivity contribution in [3.05, 3.63) is 33.8 Å². The fraction of sp³-hybridized carbons (Fsp3) is 0.400. The lowest BCUT2D eigenvalue weighted by Gasteiger charge is -2.10. The summed E-state index contributed by atoms with van der Waals surface area (Å²) >= 11 is 6.04. The molecule has 0 spiro atoms. The van der Waals surface area contributed by atoms with E-state index >= 15 is 0 Å². The van der Waals surface area contributed by atoms with Crippen molar-refractivity contribution in [1.29, 1.82) is 0 Å². The quantitative estimate of drug-likeness (QED) is 0.756. The molecule has 3 heteroatoms. The van der Waals surface area contributed by atoms with E-state index in [1.807, 2.05) is 12.1 Å². The molecule has 0 radical (unpaired) electrons. The second-order valence-corrected chi connectivity index (χ2v) is 3.40. The van der Waals surface area contributed by atoms with Crippen molar-refractivity contribution < 1.29 is 4.84 Å². The number of nitrogens with one attached hydrogen (secondary N) is 1. The molecule has 0 aliphatic rings. The summed E-state index contributed by atoms with van der Waals surface area (Å²) in [6.07, 6.45) is 0. The molecule has 0 aliphatic carbocycles. The van der Waals surface area contributed by atoms with Gasteiger partial charge in [0.15, 0.2) is 0 Å². The van der Waals surface area contributed by atoms with E-state index in [0.717, 1.165) is 10.6 Å². The summed E-state index contributed by atoms with van der Waals surface area (Å²) in [6.45, 7) is 4.78. The van der Waals surface area contributed by atoms with Crippen molar-refractivity contribution in [1.82, 2.24) is 5.48 Å². The number of hydroxylamine groups is 1. The highest BCUT2D eigenvalue weighted by molar-refractivity contribution is 6.31. The zero-order valence-electron chi connectivity index (χ0n) is 8.15. The van der Waals surface area contributed by atoms with Crippen molar-refractivity contribution in [2.75, 3.05) is 7.11 Å². The van der Waals surface area contributed by atoms with Gasteiger partial charge in [-0.2, -0.15) is 5.48 Å². The maximum atomic E-state index is 6.04. The van der Waals surface area contributed by atoms with Gasteiger partial charge < -0.3 is 4.84 Å². The van der Waals surface area contributed by atoms with Gasteiger partial charge in [0.2, 0.25) is 0 Å². The SMILES string of the molecule is CONCc1c(Cl)ccc(C)c1C. The van der Waals surface area contributed by atoms with Crippen LogP contribution >= 0.6 is 11.6 Å². The average molecular weight is 200 g/mol. The van der Waals surface area contributed by atoms with Crippen LogP contribution < -0.4 is 5.48 Å². The third-order valence-corrected chi connectivity index (χ3v) is 2.56. The van der Waals surface area contributed by atoms with Gasteiger partial charge in [-0.15, -0.1) is 0 Å². The number of aryl methyl sites for hydroxylation is 1. The monoisotopic (exact) mass is 199 g/mol. The molecule has 1 rings (SSSR count). The number of rotatable bonds is 3. The summed E-state index contributed by atoms with van der Waals surface area (Å²) in [6, 6.07) is 3.94. The first kappa shape index (κ1) is 10.5. The predicted molar refractivity (Wildman–Crippen MR) is 54.8 cm³/mol. The molecule has 0 unspecified atom stereocenters. The van der Waals surface area contributed by atoms with Gasteiger partial charge in [0.25, 0.3) is 0 Å². The first-order valence-corrected chi connectivity index (χ1v) is 4.55. The fourth-order valence-electron chi connectivity index (χ4n) is 1.20. The minimum atomic E-state index is 0.642. The average Bonchev–Trinajstić information content (AvgIpc) is 2.12. The Hall–Kier alpha value is -0.570. The number of benzene rings is 1. The highest BCUT2D eigenvalue weighted by Crippen LogP contribution is 2.22. The maximum absolute atomic E-state index is 6.04. The summed E-state index contributed by atoms with van der Waals surface area (Å²) in [5.41, 5.74) is 6.36. The van der Waals surface area contributed by atoms with Crippen LogP contribution in [0, 0.1) is 13.8 Å². The molecule has 0 atom stereocenters. The molecule has 0 amide bonds. The lowest BCUT2D eigenvalue weighted by molar-refractivity contribution is 0.0866. The van der Waals surface area contributed by atoms with E-state index in [4.69, 9.17) is 16.4 Å². The Labute approximate surface area is 83.8 Å². The molecule has 2 nitrogen and oxygen atoms in total. The van der Waals surface area contributed by atoms with Gasteiger partial charge in [0.05, 0.1) is 7.11 Å². The number of halogens is 1. The first-order chi connectivity index (χ1) is 6.16. The van der Waals surface area contributed by atoms with Crippen LogP contribution in [0.4, 0.5) is 0 Å². The molecule has 0 aliphatic heterocycles. The first-order valence-electron chi connectivity index (χ1n) is 4.17. The Kier molecular flexibility index (Phi) is 3.72. The van der Waals surface area contributed by atoms with Crippen molar-refractivity contribution >= 4 is 11.6 Å². The lowest BCUT2D eigenvalue weighted by atomic mass is 10.0. The van der Waals surface area contributed by atoms with Gasteiger partial charge in [-0.05, 0) is 36.6 Å². The van der Waals surface area contributed by atoms with Gasteiger partial charge in [-0.1, -0.05) is 17.7 Å². The molecule has 72 valence electrons. The van der Waals surface area contributed by atoms with Crippen LogP contribution in [0.3, 0.4) is 0 Å². The normalized spacial score (nSPS) is 10.5. The van der Waals surface area contributed by atoms with Crippen LogP contribution in [0.5, 0.6) is 0 Å². The molecule has 0 heterocycles. The zero-order chi connectivity index (χ0) is 9.84. The second-order valence-electron chi connectivity index (χ2n) is 2.99. The van der Waals surface area contributed by atoms with Gasteiger partial charge in [0, 0.05) is 11.6 Å². The van der Waals surface area contributed by atoms with Crippen LogP contribution in [-0.2, 0) is 11.4 Å². The number of hydrogen-bond donors (Lipinski definition) is 1. The third kappa shape index (κ3) is 2.44. The van der Waals surface area contributed by atoms with E-state index in [1.54, 1.807) is 7.11 Å². The van der Waals surface area contributed by atoms with E-state index in [9.17, 15) is 0 Å². The van der Waals surface area contributed by atoms with Crippen LogP contribution in [0.15, 0.2) is 12.1 Å². The molecular weight excluding hydrogens is 186 g/mol. The molecule has 0 saturated heterocycles. The minimum absolute atomic E-state index is 0.642. The van der Waals surface area contributed by atoms with E-state index in [-0.39, 0.29) is 0 Å². The Morgan fingerprint density at radius 2 is 2.08 bits per heavy atom. The Morgan fingerprint density at radius 1 is 1.38 bits per heavy atom. The molecule has 1 aromatic rings. The second kappa shape index (κ2) is 4.61. The standard InChI is InChI=1S/C10H14ClNO/c1-7-4-5-10(11)9(8(7)2)6-12-13-3/h4-5,12H,6H2,1-3H3. The van der Waals surface area contributed by atoms with Crippen molar-refractivity contribution in [3.63, 3.8) is 0 Å². The minimum Gasteiger partial charge on any atom is -0.305 e. The third-order valence-electron chi connectivity index (χ3n) is 2.21. The Balaban J connectivity index is 2.96.